The number of hydrogen-bond acceptors (Lipinski definition) is 3. The summed E-state index contributed by atoms with van der Waals surface area (Å²) in [4.78, 5) is 0. The normalized spacial score (nSPS) is 10.6. The van der Waals surface area contributed by atoms with E-state index in [-0.39, 0.29) is 5.82 Å². The second kappa shape index (κ2) is 3.62. The van der Waals surface area contributed by atoms with Crippen molar-refractivity contribution in [3.8, 4) is 5.69 Å². The molecule has 0 aliphatic rings. The van der Waals surface area contributed by atoms with Gasteiger partial charge in [-0.05, 0) is 34.5 Å². The third kappa shape index (κ3) is 1.85. The Hall–Kier alpha value is -1.43. The fourth-order valence-corrected chi connectivity index (χ4v) is 1.73. The highest BCUT2D eigenvalue weighted by Crippen LogP contribution is 2.22. The maximum Gasteiger partial charge on any atom is 0.166 e. The molecular formula is C9H8BrFN4. The van der Waals surface area contributed by atoms with Crippen LogP contribution in [0, 0.1) is 12.7 Å². The van der Waals surface area contributed by atoms with Gasteiger partial charge >= 0.3 is 0 Å². The van der Waals surface area contributed by atoms with Gasteiger partial charge in [0, 0.05) is 6.07 Å². The van der Waals surface area contributed by atoms with Gasteiger partial charge in [-0.15, -0.1) is 5.10 Å². The van der Waals surface area contributed by atoms with Crippen LogP contribution in [0.3, 0.4) is 0 Å². The van der Waals surface area contributed by atoms with E-state index in [1.165, 1.54) is 16.9 Å². The predicted octanol–water partition coefficient (Wildman–Crippen LogP) is 2.06. The van der Waals surface area contributed by atoms with Crippen molar-refractivity contribution in [3.05, 3.63) is 34.2 Å². The van der Waals surface area contributed by atoms with E-state index in [4.69, 9.17) is 5.73 Å². The van der Waals surface area contributed by atoms with Crippen LogP contribution in [0.5, 0.6) is 0 Å². The van der Waals surface area contributed by atoms with E-state index in [0.29, 0.717) is 16.0 Å². The molecule has 1 aromatic carbocycles. The van der Waals surface area contributed by atoms with Gasteiger partial charge in [0.15, 0.2) is 5.82 Å². The molecule has 0 bridgehead atoms. The van der Waals surface area contributed by atoms with Gasteiger partial charge in [-0.3, -0.25) is 0 Å². The molecule has 0 saturated heterocycles. The smallest absolute Gasteiger partial charge is 0.166 e. The first-order chi connectivity index (χ1) is 7.08. The van der Waals surface area contributed by atoms with Crippen molar-refractivity contribution >= 4 is 21.7 Å². The van der Waals surface area contributed by atoms with Gasteiger partial charge in [-0.25, -0.2) is 9.07 Å². The second-order valence-corrected chi connectivity index (χ2v) is 4.00. The standard InChI is InChI=1S/C9H8BrFN4/c1-5-2-6(10)7(11)3-8(5)15-4-9(12)13-14-15/h2-4H,12H2,1H3. The molecule has 15 heavy (non-hydrogen) atoms. The molecule has 1 aromatic heterocycles. The number of nitrogens with zero attached hydrogens (tertiary/aromatic N) is 3. The van der Waals surface area contributed by atoms with Crippen LogP contribution in [0.4, 0.5) is 10.2 Å². The van der Waals surface area contributed by atoms with Gasteiger partial charge in [0.25, 0.3) is 0 Å². The zero-order chi connectivity index (χ0) is 11.0. The number of aryl methyl sites for hydroxylation is 1. The Balaban J connectivity index is 2.58. The van der Waals surface area contributed by atoms with Gasteiger partial charge in [-0.2, -0.15) is 0 Å². The summed E-state index contributed by atoms with van der Waals surface area (Å²) < 4.78 is 15.2. The number of nitrogens with two attached hydrogens (primary N) is 1. The van der Waals surface area contributed by atoms with E-state index in [1.54, 1.807) is 6.07 Å². The lowest BCUT2D eigenvalue weighted by molar-refractivity contribution is 0.617. The number of aromatic nitrogens is 3. The predicted molar refractivity (Wildman–Crippen MR) is 58.2 cm³/mol. The van der Waals surface area contributed by atoms with E-state index >= 15 is 0 Å². The number of anilines is 1. The molecule has 0 aliphatic carbocycles. The number of rotatable bonds is 1. The number of hydrogen-bond donors (Lipinski definition) is 1. The van der Waals surface area contributed by atoms with Crippen LogP contribution in [0.2, 0.25) is 0 Å². The average molecular weight is 271 g/mol. The molecule has 0 spiro atoms. The first kappa shape index (κ1) is 10.1. The Kier molecular flexibility index (Phi) is 2.44. The highest BCUT2D eigenvalue weighted by atomic mass is 79.9. The molecule has 78 valence electrons. The van der Waals surface area contributed by atoms with Crippen molar-refractivity contribution in [1.82, 2.24) is 15.0 Å². The first-order valence-corrected chi connectivity index (χ1v) is 5.01. The molecule has 0 radical (unpaired) electrons. The Bertz CT molecular complexity index is 509. The first-order valence-electron chi connectivity index (χ1n) is 4.22. The minimum atomic E-state index is -0.343. The summed E-state index contributed by atoms with van der Waals surface area (Å²) in [5.41, 5.74) is 6.94. The summed E-state index contributed by atoms with van der Waals surface area (Å²) in [7, 11) is 0. The van der Waals surface area contributed by atoms with Crippen molar-refractivity contribution in [1.29, 1.82) is 0 Å². The van der Waals surface area contributed by atoms with E-state index in [9.17, 15) is 4.39 Å². The van der Waals surface area contributed by atoms with E-state index < -0.39 is 0 Å². The van der Waals surface area contributed by atoms with Crippen molar-refractivity contribution in [2.45, 2.75) is 6.92 Å². The lowest BCUT2D eigenvalue weighted by Crippen LogP contribution is -1.99. The quantitative estimate of drug-likeness (QED) is 0.863. The van der Waals surface area contributed by atoms with Crippen LogP contribution in [0.25, 0.3) is 5.69 Å². The Morgan fingerprint density at radius 2 is 2.20 bits per heavy atom. The van der Waals surface area contributed by atoms with E-state index in [0.717, 1.165) is 5.56 Å². The van der Waals surface area contributed by atoms with Crippen LogP contribution >= 0.6 is 15.9 Å². The lowest BCUT2D eigenvalue weighted by Gasteiger charge is -2.05. The molecule has 1 heterocycles. The lowest BCUT2D eigenvalue weighted by atomic mass is 10.2. The van der Waals surface area contributed by atoms with E-state index in [1.807, 2.05) is 6.92 Å². The van der Waals surface area contributed by atoms with Crippen LogP contribution < -0.4 is 5.73 Å². The van der Waals surface area contributed by atoms with E-state index in [2.05, 4.69) is 26.2 Å². The van der Waals surface area contributed by atoms with Crippen LogP contribution in [-0.2, 0) is 0 Å². The van der Waals surface area contributed by atoms with Gasteiger partial charge in [0.05, 0.1) is 16.4 Å². The maximum atomic E-state index is 13.3. The summed E-state index contributed by atoms with van der Waals surface area (Å²) in [6.07, 6.45) is 1.54. The largest absolute Gasteiger partial charge is 0.381 e. The summed E-state index contributed by atoms with van der Waals surface area (Å²) in [5.74, 6) is -0.0394. The monoisotopic (exact) mass is 270 g/mol. The Labute approximate surface area is 94.0 Å². The molecule has 0 aliphatic heterocycles. The highest BCUT2D eigenvalue weighted by molar-refractivity contribution is 9.10. The minimum Gasteiger partial charge on any atom is -0.381 e. The van der Waals surface area contributed by atoms with Crippen LogP contribution in [-0.4, -0.2) is 15.0 Å². The summed E-state index contributed by atoms with van der Waals surface area (Å²) in [6.45, 7) is 1.86. The summed E-state index contributed by atoms with van der Waals surface area (Å²) >= 11 is 3.11. The molecule has 2 rings (SSSR count). The summed E-state index contributed by atoms with van der Waals surface area (Å²) in [6, 6.07) is 3.07. The molecule has 0 saturated carbocycles. The third-order valence-electron chi connectivity index (χ3n) is 2.00. The highest BCUT2D eigenvalue weighted by Gasteiger charge is 2.08. The number of nitrogen functional groups attached to an aromatic ring is 1. The molecule has 0 amide bonds. The van der Waals surface area contributed by atoms with Crippen molar-refractivity contribution in [3.63, 3.8) is 0 Å². The van der Waals surface area contributed by atoms with Crippen molar-refractivity contribution < 1.29 is 4.39 Å². The average Bonchev–Trinajstić information content (AvgIpc) is 2.58. The van der Waals surface area contributed by atoms with Gasteiger partial charge in [-0.1, -0.05) is 5.21 Å². The summed E-state index contributed by atoms with van der Waals surface area (Å²) in [5, 5.41) is 7.42. The molecule has 2 aromatic rings. The number of benzene rings is 1. The molecular weight excluding hydrogens is 263 g/mol. The fourth-order valence-electron chi connectivity index (χ4n) is 1.28. The van der Waals surface area contributed by atoms with Gasteiger partial charge < -0.3 is 5.73 Å². The molecule has 0 fully saturated rings. The number of halogens is 2. The second-order valence-electron chi connectivity index (χ2n) is 3.14. The molecule has 0 atom stereocenters. The SMILES string of the molecule is Cc1cc(Br)c(F)cc1-n1cc(N)nn1. The Morgan fingerprint density at radius 3 is 2.80 bits per heavy atom. The van der Waals surface area contributed by atoms with Crippen molar-refractivity contribution in [2.75, 3.05) is 5.73 Å². The van der Waals surface area contributed by atoms with Crippen LogP contribution in [0.15, 0.2) is 22.8 Å². The minimum absolute atomic E-state index is 0.303. The zero-order valence-corrected chi connectivity index (χ0v) is 9.49. The van der Waals surface area contributed by atoms with Crippen LogP contribution in [0.1, 0.15) is 5.56 Å². The molecule has 0 unspecified atom stereocenters. The molecule has 2 N–H and O–H groups in total. The molecule has 6 heteroatoms. The maximum absolute atomic E-state index is 13.3. The van der Waals surface area contributed by atoms with Gasteiger partial charge in [0.2, 0.25) is 0 Å². The van der Waals surface area contributed by atoms with Gasteiger partial charge in [0.1, 0.15) is 5.82 Å². The van der Waals surface area contributed by atoms with Crippen molar-refractivity contribution in [2.24, 2.45) is 0 Å². The zero-order valence-electron chi connectivity index (χ0n) is 7.91. The molecule has 4 nitrogen and oxygen atoms in total. The fraction of sp³-hybridized carbons (Fsp3) is 0.111. The topological polar surface area (TPSA) is 56.7 Å². The Morgan fingerprint density at radius 1 is 1.47 bits per heavy atom. The third-order valence-corrected chi connectivity index (χ3v) is 2.60.